The molecule has 2 heteroatoms. The van der Waals surface area contributed by atoms with Crippen molar-refractivity contribution < 1.29 is 0 Å². The predicted octanol–water partition coefficient (Wildman–Crippen LogP) is 4.30. The minimum atomic E-state index is 0.754. The second-order valence-electron chi connectivity index (χ2n) is 8.03. The second kappa shape index (κ2) is 8.53. The van der Waals surface area contributed by atoms with Crippen molar-refractivity contribution in [2.75, 3.05) is 20.1 Å². The number of hydrogen-bond acceptors (Lipinski definition) is 2. The zero-order valence-electron chi connectivity index (χ0n) is 14.9. The van der Waals surface area contributed by atoms with Crippen LogP contribution < -0.4 is 5.32 Å². The summed E-state index contributed by atoms with van der Waals surface area (Å²) >= 11 is 0. The van der Waals surface area contributed by atoms with Crippen LogP contribution in [0.25, 0.3) is 0 Å². The van der Waals surface area contributed by atoms with Gasteiger partial charge in [-0.05, 0) is 56.9 Å². The Kier molecular flexibility index (Phi) is 7.01. The van der Waals surface area contributed by atoms with E-state index < -0.39 is 0 Å². The Hall–Kier alpha value is -0.0800. The van der Waals surface area contributed by atoms with Crippen molar-refractivity contribution >= 4 is 0 Å². The molecule has 0 aromatic heterocycles. The van der Waals surface area contributed by atoms with Crippen molar-refractivity contribution in [2.45, 2.75) is 84.2 Å². The van der Waals surface area contributed by atoms with Crippen molar-refractivity contribution in [3.63, 3.8) is 0 Å². The fourth-order valence-corrected chi connectivity index (χ4v) is 4.73. The average molecular weight is 295 g/mol. The summed E-state index contributed by atoms with van der Waals surface area (Å²) in [7, 11) is 2.17. The first kappa shape index (κ1) is 17.3. The molecule has 2 fully saturated rings. The minimum Gasteiger partial charge on any atom is -0.317 e. The highest BCUT2D eigenvalue weighted by Gasteiger charge is 2.32. The molecule has 21 heavy (non-hydrogen) atoms. The van der Waals surface area contributed by atoms with E-state index in [1.807, 2.05) is 0 Å². The summed E-state index contributed by atoms with van der Waals surface area (Å²) in [6, 6.07) is 1.63. The van der Waals surface area contributed by atoms with Crippen molar-refractivity contribution in [2.24, 2.45) is 17.8 Å². The zero-order chi connectivity index (χ0) is 15.2. The van der Waals surface area contributed by atoms with Crippen LogP contribution in [0.3, 0.4) is 0 Å². The number of hydrogen-bond donors (Lipinski definition) is 1. The highest BCUT2D eigenvalue weighted by molar-refractivity contribution is 4.88. The van der Waals surface area contributed by atoms with Crippen LogP contribution in [-0.2, 0) is 0 Å². The van der Waals surface area contributed by atoms with Gasteiger partial charge >= 0.3 is 0 Å². The Balaban J connectivity index is 1.98. The van der Waals surface area contributed by atoms with Crippen LogP contribution in [0.1, 0.15) is 72.1 Å². The van der Waals surface area contributed by atoms with E-state index in [1.54, 1.807) is 0 Å². The molecular weight excluding hydrogens is 256 g/mol. The summed E-state index contributed by atoms with van der Waals surface area (Å²) in [5, 5.41) is 3.62. The molecule has 2 aliphatic carbocycles. The van der Waals surface area contributed by atoms with Crippen LogP contribution in [0.15, 0.2) is 0 Å². The first-order chi connectivity index (χ1) is 10.1. The highest BCUT2D eigenvalue weighted by atomic mass is 15.2. The molecule has 1 N–H and O–H groups in total. The maximum Gasteiger partial charge on any atom is 0.0105 e. The van der Waals surface area contributed by atoms with E-state index in [0.717, 1.165) is 29.8 Å². The van der Waals surface area contributed by atoms with Gasteiger partial charge in [-0.1, -0.05) is 40.0 Å². The molecule has 3 atom stereocenters. The van der Waals surface area contributed by atoms with Crippen LogP contribution >= 0.6 is 0 Å². The van der Waals surface area contributed by atoms with Crippen LogP contribution in [0.5, 0.6) is 0 Å². The van der Waals surface area contributed by atoms with Crippen molar-refractivity contribution in [1.29, 1.82) is 0 Å². The van der Waals surface area contributed by atoms with Crippen molar-refractivity contribution in [1.82, 2.24) is 10.2 Å². The smallest absolute Gasteiger partial charge is 0.0105 e. The van der Waals surface area contributed by atoms with E-state index in [9.17, 15) is 0 Å². The van der Waals surface area contributed by atoms with Gasteiger partial charge in [-0.15, -0.1) is 0 Å². The third-order valence-corrected chi connectivity index (χ3v) is 5.95. The summed E-state index contributed by atoms with van der Waals surface area (Å²) < 4.78 is 0. The normalized spacial score (nSPS) is 31.4. The lowest BCUT2D eigenvalue weighted by molar-refractivity contribution is 0.102. The molecule has 0 radical (unpaired) electrons. The van der Waals surface area contributed by atoms with Crippen LogP contribution in [0.2, 0.25) is 0 Å². The van der Waals surface area contributed by atoms with Gasteiger partial charge < -0.3 is 5.32 Å². The second-order valence-corrected chi connectivity index (χ2v) is 8.03. The molecule has 0 spiro atoms. The first-order valence-electron chi connectivity index (χ1n) is 9.55. The van der Waals surface area contributed by atoms with Gasteiger partial charge in [-0.3, -0.25) is 4.90 Å². The quantitative estimate of drug-likeness (QED) is 0.753. The van der Waals surface area contributed by atoms with E-state index in [-0.39, 0.29) is 0 Å². The van der Waals surface area contributed by atoms with Gasteiger partial charge in [0.25, 0.3) is 0 Å². The Morgan fingerprint density at radius 3 is 2.38 bits per heavy atom. The molecule has 0 aliphatic heterocycles. The third-order valence-electron chi connectivity index (χ3n) is 5.95. The van der Waals surface area contributed by atoms with Crippen molar-refractivity contribution in [3.05, 3.63) is 0 Å². The highest BCUT2D eigenvalue weighted by Crippen LogP contribution is 2.33. The molecule has 0 heterocycles. The lowest BCUT2D eigenvalue weighted by Gasteiger charge is -2.41. The molecule has 3 unspecified atom stereocenters. The summed E-state index contributed by atoms with van der Waals surface area (Å²) in [4.78, 5) is 2.87. The van der Waals surface area contributed by atoms with Crippen LogP contribution in [0, 0.1) is 17.8 Å². The van der Waals surface area contributed by atoms with Gasteiger partial charge in [0.05, 0.1) is 0 Å². The lowest BCUT2D eigenvalue weighted by Crippen LogP contribution is -2.47. The summed E-state index contributed by atoms with van der Waals surface area (Å²) in [5.74, 6) is 2.64. The largest absolute Gasteiger partial charge is 0.317 e. The molecule has 0 bridgehead atoms. The molecule has 0 aromatic carbocycles. The van der Waals surface area contributed by atoms with Crippen LogP contribution in [-0.4, -0.2) is 37.1 Å². The SMILES string of the molecule is CCC1CCC(NC)C(CN(CC(C)C)C2CCCC2)C1. The Bertz CT molecular complexity index is 283. The number of rotatable bonds is 7. The summed E-state index contributed by atoms with van der Waals surface area (Å²) in [6.07, 6.45) is 11.4. The monoisotopic (exact) mass is 294 g/mol. The van der Waals surface area contributed by atoms with Gasteiger partial charge in [0.1, 0.15) is 0 Å². The first-order valence-corrected chi connectivity index (χ1v) is 9.55. The van der Waals surface area contributed by atoms with Gasteiger partial charge in [-0.25, -0.2) is 0 Å². The molecule has 2 aliphatic rings. The molecule has 0 amide bonds. The van der Waals surface area contributed by atoms with Gasteiger partial charge in [0, 0.05) is 25.2 Å². The molecule has 0 saturated heterocycles. The van der Waals surface area contributed by atoms with Crippen LogP contribution in [0.4, 0.5) is 0 Å². The van der Waals surface area contributed by atoms with Gasteiger partial charge in [0.15, 0.2) is 0 Å². The van der Waals surface area contributed by atoms with E-state index in [0.29, 0.717) is 0 Å². The average Bonchev–Trinajstić information content (AvgIpc) is 3.00. The van der Waals surface area contributed by atoms with Crippen molar-refractivity contribution in [3.8, 4) is 0 Å². The molecule has 2 saturated carbocycles. The fourth-order valence-electron chi connectivity index (χ4n) is 4.73. The summed E-state index contributed by atoms with van der Waals surface area (Å²) in [6.45, 7) is 9.78. The van der Waals surface area contributed by atoms with E-state index >= 15 is 0 Å². The third kappa shape index (κ3) is 4.96. The maximum atomic E-state index is 3.62. The van der Waals surface area contributed by atoms with Gasteiger partial charge in [-0.2, -0.15) is 0 Å². The molecule has 2 nitrogen and oxygen atoms in total. The Morgan fingerprint density at radius 2 is 1.81 bits per heavy atom. The molecule has 0 aromatic rings. The molecule has 124 valence electrons. The topological polar surface area (TPSA) is 15.3 Å². The van der Waals surface area contributed by atoms with E-state index in [2.05, 4.69) is 38.0 Å². The number of nitrogens with zero attached hydrogens (tertiary/aromatic N) is 1. The Morgan fingerprint density at radius 1 is 1.10 bits per heavy atom. The standard InChI is InChI=1S/C19H38N2/c1-5-16-10-11-19(20-4)17(12-16)14-21(13-15(2)3)18-8-6-7-9-18/h15-20H,5-14H2,1-4H3. The minimum absolute atomic E-state index is 0.754. The zero-order valence-corrected chi connectivity index (χ0v) is 14.9. The van der Waals surface area contributed by atoms with E-state index in [1.165, 1.54) is 64.5 Å². The Labute approximate surface area is 133 Å². The fraction of sp³-hybridized carbons (Fsp3) is 1.00. The number of nitrogens with one attached hydrogen (secondary N) is 1. The maximum absolute atomic E-state index is 3.62. The lowest BCUT2D eigenvalue weighted by atomic mass is 9.76. The van der Waals surface area contributed by atoms with E-state index in [4.69, 9.17) is 0 Å². The molecule has 2 rings (SSSR count). The summed E-state index contributed by atoms with van der Waals surface area (Å²) in [5.41, 5.74) is 0. The van der Waals surface area contributed by atoms with Gasteiger partial charge in [0.2, 0.25) is 0 Å². The predicted molar refractivity (Wildman–Crippen MR) is 92.6 cm³/mol. The molecular formula is C19H38N2.